The van der Waals surface area contributed by atoms with Crippen molar-refractivity contribution in [2.75, 3.05) is 11.6 Å². The van der Waals surface area contributed by atoms with Crippen molar-refractivity contribution in [3.63, 3.8) is 0 Å². The Balaban J connectivity index is 2.08. The third-order valence-corrected chi connectivity index (χ3v) is 2.90. The van der Waals surface area contributed by atoms with Crippen molar-refractivity contribution in [2.24, 2.45) is 5.84 Å². The SMILES string of the molecule is NN(C(=O)c1ccc(C(=O)NCC(=O)O)cn1)c1ccccc1. The van der Waals surface area contributed by atoms with Crippen LogP contribution in [-0.4, -0.2) is 34.4 Å². The quantitative estimate of drug-likeness (QED) is 0.417. The summed E-state index contributed by atoms with van der Waals surface area (Å²) < 4.78 is 0. The lowest BCUT2D eigenvalue weighted by molar-refractivity contribution is -0.135. The average Bonchev–Trinajstić information content (AvgIpc) is 2.59. The van der Waals surface area contributed by atoms with Gasteiger partial charge >= 0.3 is 5.97 Å². The van der Waals surface area contributed by atoms with Crippen molar-refractivity contribution in [1.29, 1.82) is 0 Å². The zero-order valence-electron chi connectivity index (χ0n) is 12.0. The molecule has 4 N–H and O–H groups in total. The predicted octanol–water partition coefficient (Wildman–Crippen LogP) is 0.417. The van der Waals surface area contributed by atoms with E-state index >= 15 is 0 Å². The van der Waals surface area contributed by atoms with Crippen LogP contribution in [0.1, 0.15) is 20.8 Å². The Morgan fingerprint density at radius 3 is 2.39 bits per heavy atom. The molecule has 23 heavy (non-hydrogen) atoms. The fraction of sp³-hybridized carbons (Fsp3) is 0.0667. The molecule has 0 unspecified atom stereocenters. The Bertz CT molecular complexity index is 716. The molecule has 0 aliphatic carbocycles. The molecule has 8 heteroatoms. The van der Waals surface area contributed by atoms with Gasteiger partial charge in [0.2, 0.25) is 0 Å². The zero-order valence-corrected chi connectivity index (χ0v) is 12.0. The first-order valence-corrected chi connectivity index (χ1v) is 6.59. The van der Waals surface area contributed by atoms with E-state index in [0.29, 0.717) is 5.69 Å². The fourth-order valence-corrected chi connectivity index (χ4v) is 1.74. The van der Waals surface area contributed by atoms with Gasteiger partial charge in [0.1, 0.15) is 12.2 Å². The van der Waals surface area contributed by atoms with E-state index in [-0.39, 0.29) is 11.3 Å². The smallest absolute Gasteiger partial charge is 0.322 e. The van der Waals surface area contributed by atoms with Crippen molar-refractivity contribution in [2.45, 2.75) is 0 Å². The number of carboxylic acids is 1. The molecule has 8 nitrogen and oxygen atoms in total. The number of carboxylic acid groups (broad SMARTS) is 1. The monoisotopic (exact) mass is 314 g/mol. The van der Waals surface area contributed by atoms with E-state index < -0.39 is 24.3 Å². The number of nitrogens with two attached hydrogens (primary N) is 1. The normalized spacial score (nSPS) is 9.96. The number of benzene rings is 1. The number of aliphatic carboxylic acids is 1. The fourth-order valence-electron chi connectivity index (χ4n) is 1.74. The summed E-state index contributed by atoms with van der Waals surface area (Å²) in [4.78, 5) is 38.1. The Hall–Kier alpha value is -3.26. The van der Waals surface area contributed by atoms with Crippen molar-refractivity contribution >= 4 is 23.5 Å². The summed E-state index contributed by atoms with van der Waals surface area (Å²) >= 11 is 0. The Morgan fingerprint density at radius 2 is 1.83 bits per heavy atom. The maximum absolute atomic E-state index is 12.2. The molecule has 0 bridgehead atoms. The number of pyridine rings is 1. The summed E-state index contributed by atoms with van der Waals surface area (Å²) in [6, 6.07) is 11.3. The van der Waals surface area contributed by atoms with Gasteiger partial charge in [0.25, 0.3) is 11.8 Å². The minimum Gasteiger partial charge on any atom is -0.480 e. The summed E-state index contributed by atoms with van der Waals surface area (Å²) in [5.41, 5.74) is 0.708. The summed E-state index contributed by atoms with van der Waals surface area (Å²) in [6.45, 7) is -0.496. The molecule has 0 fully saturated rings. The van der Waals surface area contributed by atoms with E-state index in [2.05, 4.69) is 10.3 Å². The van der Waals surface area contributed by atoms with Gasteiger partial charge in [-0.2, -0.15) is 0 Å². The highest BCUT2D eigenvalue weighted by Crippen LogP contribution is 2.12. The van der Waals surface area contributed by atoms with Crippen molar-refractivity contribution in [3.8, 4) is 0 Å². The second-order valence-corrected chi connectivity index (χ2v) is 4.52. The highest BCUT2D eigenvalue weighted by Gasteiger charge is 2.16. The number of aromatic nitrogens is 1. The van der Waals surface area contributed by atoms with Gasteiger partial charge in [-0.05, 0) is 24.3 Å². The molecule has 1 aromatic carbocycles. The number of para-hydroxylation sites is 1. The summed E-state index contributed by atoms with van der Waals surface area (Å²) in [7, 11) is 0. The summed E-state index contributed by atoms with van der Waals surface area (Å²) in [5.74, 6) is 3.47. The first-order chi connectivity index (χ1) is 11.0. The van der Waals surface area contributed by atoms with Crippen LogP contribution in [0, 0.1) is 0 Å². The molecule has 2 amide bonds. The second-order valence-electron chi connectivity index (χ2n) is 4.52. The number of amides is 2. The first-order valence-electron chi connectivity index (χ1n) is 6.59. The molecule has 0 aliphatic rings. The number of anilines is 1. The van der Waals surface area contributed by atoms with Gasteiger partial charge < -0.3 is 10.4 Å². The lowest BCUT2D eigenvalue weighted by Crippen LogP contribution is -2.38. The van der Waals surface area contributed by atoms with Crippen LogP contribution in [0.5, 0.6) is 0 Å². The third kappa shape index (κ3) is 4.11. The molecule has 0 saturated carbocycles. The number of rotatable bonds is 5. The molecule has 0 saturated heterocycles. The van der Waals surface area contributed by atoms with Gasteiger partial charge in [0.15, 0.2) is 0 Å². The van der Waals surface area contributed by atoms with Gasteiger partial charge in [0, 0.05) is 6.20 Å². The molecule has 0 radical (unpaired) electrons. The standard InChI is InChI=1S/C15H14N4O4/c16-19(11-4-2-1-3-5-11)15(23)12-7-6-10(8-17-12)14(22)18-9-13(20)21/h1-8H,9,16H2,(H,18,22)(H,20,21). The third-order valence-electron chi connectivity index (χ3n) is 2.90. The molecule has 118 valence electrons. The van der Waals surface area contributed by atoms with E-state index in [4.69, 9.17) is 10.9 Å². The van der Waals surface area contributed by atoms with Crippen LogP contribution in [0.4, 0.5) is 5.69 Å². The van der Waals surface area contributed by atoms with Crippen molar-refractivity contribution in [1.82, 2.24) is 10.3 Å². The lowest BCUT2D eigenvalue weighted by Gasteiger charge is -2.16. The number of carbonyl (C=O) groups is 3. The largest absolute Gasteiger partial charge is 0.480 e. The molecular weight excluding hydrogens is 300 g/mol. The minimum atomic E-state index is -1.15. The van der Waals surface area contributed by atoms with E-state index in [1.807, 2.05) is 0 Å². The number of nitrogens with zero attached hydrogens (tertiary/aromatic N) is 2. The number of carbonyl (C=O) groups excluding carboxylic acids is 2. The van der Waals surface area contributed by atoms with Gasteiger partial charge in [0.05, 0.1) is 11.3 Å². The highest BCUT2D eigenvalue weighted by molar-refractivity contribution is 6.04. The molecule has 0 atom stereocenters. The van der Waals surface area contributed by atoms with Crippen LogP contribution in [0.3, 0.4) is 0 Å². The molecule has 0 spiro atoms. The molecule has 1 aromatic heterocycles. The molecular formula is C15H14N4O4. The summed E-state index contributed by atoms with van der Waals surface area (Å²) in [6.07, 6.45) is 1.18. The number of hydrazine groups is 1. The van der Waals surface area contributed by atoms with Crippen LogP contribution in [0.15, 0.2) is 48.7 Å². The minimum absolute atomic E-state index is 0.0612. The summed E-state index contributed by atoms with van der Waals surface area (Å²) in [5, 5.41) is 11.6. The average molecular weight is 314 g/mol. The zero-order chi connectivity index (χ0) is 16.8. The van der Waals surface area contributed by atoms with Crippen LogP contribution in [0.25, 0.3) is 0 Å². The maximum atomic E-state index is 12.2. The van der Waals surface area contributed by atoms with E-state index in [9.17, 15) is 14.4 Å². The number of hydrogen-bond donors (Lipinski definition) is 3. The lowest BCUT2D eigenvalue weighted by atomic mass is 10.2. The van der Waals surface area contributed by atoms with E-state index in [1.165, 1.54) is 18.3 Å². The molecule has 2 aromatic rings. The van der Waals surface area contributed by atoms with Crippen LogP contribution < -0.4 is 16.2 Å². The van der Waals surface area contributed by atoms with Crippen LogP contribution >= 0.6 is 0 Å². The van der Waals surface area contributed by atoms with Crippen LogP contribution in [-0.2, 0) is 4.79 Å². The molecule has 1 heterocycles. The Morgan fingerprint density at radius 1 is 1.13 bits per heavy atom. The van der Waals surface area contributed by atoms with E-state index in [0.717, 1.165) is 5.01 Å². The number of hydrogen-bond acceptors (Lipinski definition) is 5. The van der Waals surface area contributed by atoms with Gasteiger partial charge in [-0.15, -0.1) is 0 Å². The maximum Gasteiger partial charge on any atom is 0.322 e. The van der Waals surface area contributed by atoms with E-state index in [1.54, 1.807) is 30.3 Å². The van der Waals surface area contributed by atoms with Gasteiger partial charge in [-0.25, -0.2) is 10.9 Å². The predicted molar refractivity (Wildman–Crippen MR) is 81.6 cm³/mol. The molecule has 0 aliphatic heterocycles. The Labute approximate surface area is 131 Å². The van der Waals surface area contributed by atoms with Crippen LogP contribution in [0.2, 0.25) is 0 Å². The van der Waals surface area contributed by atoms with Crippen molar-refractivity contribution in [3.05, 3.63) is 59.9 Å². The number of nitrogens with one attached hydrogen (secondary N) is 1. The van der Waals surface area contributed by atoms with Gasteiger partial charge in [-0.3, -0.25) is 19.4 Å². The topological polar surface area (TPSA) is 126 Å². The molecule has 2 rings (SSSR count). The Kier molecular flexibility index (Phi) is 5.00. The second kappa shape index (κ2) is 7.14. The highest BCUT2D eigenvalue weighted by atomic mass is 16.4. The van der Waals surface area contributed by atoms with Gasteiger partial charge in [-0.1, -0.05) is 18.2 Å². The first kappa shape index (κ1) is 16.1. The van der Waals surface area contributed by atoms with Crippen molar-refractivity contribution < 1.29 is 19.5 Å².